The van der Waals surface area contributed by atoms with Gasteiger partial charge < -0.3 is 10.2 Å². The van der Waals surface area contributed by atoms with E-state index in [2.05, 4.69) is 0 Å². The zero-order chi connectivity index (χ0) is 8.27. The molecule has 0 radical (unpaired) electrons. The fourth-order valence-corrected chi connectivity index (χ4v) is 1.16. The van der Waals surface area contributed by atoms with Gasteiger partial charge in [-0.1, -0.05) is 11.8 Å². The maximum atomic E-state index is 6.95. The van der Waals surface area contributed by atoms with Crippen LogP contribution < -0.4 is 5.73 Å². The molecule has 0 aliphatic rings. The number of rotatable bonds is 2. The second-order valence-corrected chi connectivity index (χ2v) is 3.18. The largest absolute Gasteiger partial charge is 0.465 e. The summed E-state index contributed by atoms with van der Waals surface area (Å²) in [5.41, 5.74) is 5.15. The molecule has 0 saturated heterocycles. The van der Waals surface area contributed by atoms with Gasteiger partial charge in [-0.2, -0.15) is 0 Å². The van der Waals surface area contributed by atoms with E-state index in [0.717, 1.165) is 11.5 Å². The number of furan rings is 1. The van der Waals surface area contributed by atoms with Crippen molar-refractivity contribution < 1.29 is 4.42 Å². The summed E-state index contributed by atoms with van der Waals surface area (Å²) >= 11 is 1.27. The lowest BCUT2D eigenvalue weighted by molar-refractivity contribution is 0.501. The van der Waals surface area contributed by atoms with E-state index in [4.69, 9.17) is 15.6 Å². The van der Waals surface area contributed by atoms with Gasteiger partial charge in [0.25, 0.3) is 0 Å². The first-order chi connectivity index (χ1) is 5.18. The molecular weight excluding hydrogens is 160 g/mol. The molecule has 0 aromatic carbocycles. The highest BCUT2D eigenvalue weighted by Gasteiger charge is 1.98. The Hall–Kier alpha value is -0.900. The Kier molecular flexibility index (Phi) is 2.59. The van der Waals surface area contributed by atoms with E-state index in [1.54, 1.807) is 0 Å². The van der Waals surface area contributed by atoms with Crippen LogP contribution in [0.15, 0.2) is 16.5 Å². The summed E-state index contributed by atoms with van der Waals surface area (Å²) in [4.78, 5) is 0. The van der Waals surface area contributed by atoms with Crippen molar-refractivity contribution >= 4 is 16.9 Å². The zero-order valence-electron chi connectivity index (χ0n) is 6.26. The predicted octanol–water partition coefficient (Wildman–Crippen LogP) is 1.71. The lowest BCUT2D eigenvalue weighted by atomic mass is 10.5. The number of hydrogen-bond acceptors (Lipinski definition) is 3. The van der Waals surface area contributed by atoms with Crippen LogP contribution in [0.1, 0.15) is 11.5 Å². The summed E-state index contributed by atoms with van der Waals surface area (Å²) in [5.74, 6) is 2.40. The molecule has 0 amide bonds. The van der Waals surface area contributed by atoms with Crippen molar-refractivity contribution in [3.8, 4) is 0 Å². The van der Waals surface area contributed by atoms with Crippen molar-refractivity contribution in [1.82, 2.24) is 0 Å². The van der Waals surface area contributed by atoms with Gasteiger partial charge in [-0.25, -0.2) is 0 Å². The third-order valence-corrected chi connectivity index (χ3v) is 1.91. The van der Waals surface area contributed by atoms with E-state index in [-0.39, 0.29) is 5.17 Å². The molecule has 3 nitrogen and oxygen atoms in total. The van der Waals surface area contributed by atoms with Crippen molar-refractivity contribution in [3.05, 3.63) is 23.7 Å². The quantitative estimate of drug-likeness (QED) is 0.524. The molecule has 60 valence electrons. The minimum Gasteiger partial charge on any atom is -0.465 e. The van der Waals surface area contributed by atoms with Crippen LogP contribution in [0.2, 0.25) is 0 Å². The van der Waals surface area contributed by atoms with E-state index in [1.165, 1.54) is 11.8 Å². The lowest BCUT2D eigenvalue weighted by Crippen LogP contribution is -2.03. The molecule has 4 heteroatoms. The minimum atomic E-state index is 0.124. The summed E-state index contributed by atoms with van der Waals surface area (Å²) < 4.78 is 5.26. The first kappa shape index (κ1) is 8.20. The van der Waals surface area contributed by atoms with E-state index >= 15 is 0 Å². The van der Waals surface area contributed by atoms with Gasteiger partial charge in [0.2, 0.25) is 0 Å². The van der Waals surface area contributed by atoms with Crippen LogP contribution in [0.4, 0.5) is 0 Å². The number of amidine groups is 1. The van der Waals surface area contributed by atoms with Crippen LogP contribution in [0.5, 0.6) is 0 Å². The van der Waals surface area contributed by atoms with E-state index in [9.17, 15) is 0 Å². The molecule has 0 spiro atoms. The molecule has 1 heterocycles. The Labute approximate surface area is 69.5 Å². The van der Waals surface area contributed by atoms with Crippen LogP contribution in [-0.2, 0) is 5.75 Å². The van der Waals surface area contributed by atoms with Crippen molar-refractivity contribution in [2.24, 2.45) is 5.73 Å². The molecule has 0 fully saturated rings. The van der Waals surface area contributed by atoms with Crippen LogP contribution in [-0.4, -0.2) is 5.17 Å². The number of aryl methyl sites for hydroxylation is 1. The Balaban J connectivity index is 2.45. The molecule has 0 aliphatic heterocycles. The first-order valence-corrected chi connectivity index (χ1v) is 4.19. The van der Waals surface area contributed by atoms with Crippen molar-refractivity contribution in [1.29, 1.82) is 5.41 Å². The number of nitrogens with one attached hydrogen (secondary N) is 1. The molecular formula is C7H10N2OS. The van der Waals surface area contributed by atoms with E-state index < -0.39 is 0 Å². The molecule has 0 bridgehead atoms. The highest BCUT2D eigenvalue weighted by molar-refractivity contribution is 8.13. The topological polar surface area (TPSA) is 63.0 Å². The van der Waals surface area contributed by atoms with Crippen LogP contribution in [0.3, 0.4) is 0 Å². The summed E-state index contributed by atoms with van der Waals surface area (Å²) in [5, 5.41) is 7.07. The SMILES string of the molecule is Cc1ccc(CSC(=N)N)o1. The number of nitrogens with two attached hydrogens (primary N) is 1. The third kappa shape index (κ3) is 2.67. The van der Waals surface area contributed by atoms with E-state index in [0.29, 0.717) is 5.75 Å². The average molecular weight is 170 g/mol. The Morgan fingerprint density at radius 2 is 2.45 bits per heavy atom. The zero-order valence-corrected chi connectivity index (χ0v) is 7.07. The Morgan fingerprint density at radius 1 is 1.73 bits per heavy atom. The fourth-order valence-electron chi connectivity index (χ4n) is 0.712. The molecule has 1 aromatic heterocycles. The minimum absolute atomic E-state index is 0.124. The molecule has 1 rings (SSSR count). The highest BCUT2D eigenvalue weighted by Crippen LogP contribution is 2.13. The standard InChI is InChI=1S/C7H10N2OS/c1-5-2-3-6(10-5)4-11-7(8)9/h2-3H,4H2,1H3,(H3,8,9). The second-order valence-electron chi connectivity index (χ2n) is 2.17. The average Bonchev–Trinajstić information content (AvgIpc) is 2.31. The molecule has 0 aliphatic carbocycles. The highest BCUT2D eigenvalue weighted by atomic mass is 32.2. The molecule has 0 unspecified atom stereocenters. The maximum Gasteiger partial charge on any atom is 0.151 e. The van der Waals surface area contributed by atoms with Gasteiger partial charge in [0, 0.05) is 0 Å². The second kappa shape index (κ2) is 3.48. The molecule has 1 aromatic rings. The summed E-state index contributed by atoms with van der Waals surface area (Å²) in [7, 11) is 0. The van der Waals surface area contributed by atoms with Crippen LogP contribution in [0.25, 0.3) is 0 Å². The van der Waals surface area contributed by atoms with E-state index in [1.807, 2.05) is 19.1 Å². The van der Waals surface area contributed by atoms with Gasteiger partial charge in [0.15, 0.2) is 5.17 Å². The van der Waals surface area contributed by atoms with Gasteiger partial charge in [-0.3, -0.25) is 5.41 Å². The first-order valence-electron chi connectivity index (χ1n) is 3.20. The Bertz CT molecular complexity index is 257. The van der Waals surface area contributed by atoms with Crippen molar-refractivity contribution in [2.45, 2.75) is 12.7 Å². The monoisotopic (exact) mass is 170 g/mol. The van der Waals surface area contributed by atoms with Gasteiger partial charge >= 0.3 is 0 Å². The third-order valence-electron chi connectivity index (χ3n) is 1.17. The number of hydrogen-bond donors (Lipinski definition) is 2. The van der Waals surface area contributed by atoms with Gasteiger partial charge in [0.1, 0.15) is 11.5 Å². The molecule has 3 N–H and O–H groups in total. The summed E-state index contributed by atoms with van der Waals surface area (Å²) in [6, 6.07) is 3.79. The van der Waals surface area contributed by atoms with Gasteiger partial charge in [0.05, 0.1) is 5.75 Å². The van der Waals surface area contributed by atoms with Crippen molar-refractivity contribution in [3.63, 3.8) is 0 Å². The summed E-state index contributed by atoms with van der Waals surface area (Å²) in [6.45, 7) is 1.89. The normalized spacial score (nSPS) is 9.91. The van der Waals surface area contributed by atoms with Crippen LogP contribution >= 0.6 is 11.8 Å². The molecule has 11 heavy (non-hydrogen) atoms. The van der Waals surface area contributed by atoms with Gasteiger partial charge in [-0.15, -0.1) is 0 Å². The molecule has 0 atom stereocenters. The Morgan fingerprint density at radius 3 is 2.91 bits per heavy atom. The summed E-state index contributed by atoms with van der Waals surface area (Å²) in [6.07, 6.45) is 0. The van der Waals surface area contributed by atoms with Gasteiger partial charge in [-0.05, 0) is 19.1 Å². The molecule has 0 saturated carbocycles. The maximum absolute atomic E-state index is 6.95. The predicted molar refractivity (Wildman–Crippen MR) is 46.7 cm³/mol. The number of thioether (sulfide) groups is 1. The fraction of sp³-hybridized carbons (Fsp3) is 0.286. The smallest absolute Gasteiger partial charge is 0.151 e. The van der Waals surface area contributed by atoms with Crippen LogP contribution in [0, 0.1) is 12.3 Å². The lowest BCUT2D eigenvalue weighted by Gasteiger charge is -1.93. The van der Waals surface area contributed by atoms with Crippen molar-refractivity contribution in [2.75, 3.05) is 0 Å².